The van der Waals surface area contributed by atoms with Crippen LogP contribution in [0, 0.1) is 5.92 Å². The number of carbonyl (C=O) groups excluding carboxylic acids is 1. The number of rotatable bonds is 5. The van der Waals surface area contributed by atoms with Gasteiger partial charge in [-0.15, -0.1) is 5.10 Å². The summed E-state index contributed by atoms with van der Waals surface area (Å²) >= 11 is 0. The molecule has 4 rings (SSSR count). The molecule has 2 aliphatic rings. The number of benzene rings is 1. The van der Waals surface area contributed by atoms with Crippen molar-refractivity contribution in [1.82, 2.24) is 24.2 Å². The van der Waals surface area contributed by atoms with Crippen LogP contribution in [0.3, 0.4) is 0 Å². The topological polar surface area (TPSA) is 97.6 Å². The first-order chi connectivity index (χ1) is 14.0. The predicted octanol–water partition coefficient (Wildman–Crippen LogP) is 1.10. The first-order valence-corrected chi connectivity index (χ1v) is 11.6. The number of hydrogen-bond acceptors (Lipinski definition) is 6. The number of nitrogens with zero attached hydrogens (tertiary/aromatic N) is 5. The number of fused-ring (bicyclic) bond motifs is 1. The SMILES string of the molecule is CCCn1nnc2cc(S(=O)(=O)N3CCCC(C(=O)N4CCOCC4)C3)ccc21. The largest absolute Gasteiger partial charge is 0.378 e. The van der Waals surface area contributed by atoms with E-state index in [1.54, 1.807) is 27.8 Å². The van der Waals surface area contributed by atoms with Gasteiger partial charge in [-0.25, -0.2) is 13.1 Å². The van der Waals surface area contributed by atoms with Gasteiger partial charge < -0.3 is 9.64 Å². The van der Waals surface area contributed by atoms with E-state index in [2.05, 4.69) is 17.2 Å². The molecule has 2 aliphatic heterocycles. The highest BCUT2D eigenvalue weighted by Gasteiger charge is 2.35. The second-order valence-electron chi connectivity index (χ2n) is 7.60. The van der Waals surface area contributed by atoms with Crippen molar-refractivity contribution in [1.29, 1.82) is 0 Å². The summed E-state index contributed by atoms with van der Waals surface area (Å²) in [7, 11) is -3.69. The number of piperidine rings is 1. The molecule has 158 valence electrons. The fraction of sp³-hybridized carbons (Fsp3) is 0.632. The number of aromatic nitrogens is 3. The van der Waals surface area contributed by atoms with Gasteiger partial charge in [-0.2, -0.15) is 4.31 Å². The summed E-state index contributed by atoms with van der Waals surface area (Å²) in [5, 5.41) is 8.22. The molecule has 0 spiro atoms. The average Bonchev–Trinajstić information content (AvgIpc) is 3.16. The molecule has 1 unspecified atom stereocenters. The maximum atomic E-state index is 13.2. The van der Waals surface area contributed by atoms with Gasteiger partial charge in [-0.1, -0.05) is 12.1 Å². The number of ether oxygens (including phenoxy) is 1. The first-order valence-electron chi connectivity index (χ1n) is 10.2. The summed E-state index contributed by atoms with van der Waals surface area (Å²) in [6.45, 7) is 5.67. The molecule has 1 aromatic carbocycles. The lowest BCUT2D eigenvalue weighted by Crippen LogP contribution is -2.49. The quantitative estimate of drug-likeness (QED) is 0.717. The Bertz CT molecular complexity index is 984. The van der Waals surface area contributed by atoms with E-state index in [0.29, 0.717) is 51.2 Å². The van der Waals surface area contributed by atoms with Crippen molar-refractivity contribution in [3.63, 3.8) is 0 Å². The van der Waals surface area contributed by atoms with Crippen molar-refractivity contribution in [2.45, 2.75) is 37.6 Å². The van der Waals surface area contributed by atoms with Crippen molar-refractivity contribution in [2.24, 2.45) is 5.92 Å². The molecule has 2 aromatic rings. The minimum absolute atomic E-state index is 0.0335. The van der Waals surface area contributed by atoms with Gasteiger partial charge in [-0.05, 0) is 37.5 Å². The Morgan fingerprint density at radius 2 is 2.03 bits per heavy atom. The van der Waals surface area contributed by atoms with Crippen molar-refractivity contribution in [3.05, 3.63) is 18.2 Å². The summed E-state index contributed by atoms with van der Waals surface area (Å²) in [5.74, 6) is -0.267. The maximum Gasteiger partial charge on any atom is 0.243 e. The lowest BCUT2D eigenvalue weighted by atomic mass is 9.98. The summed E-state index contributed by atoms with van der Waals surface area (Å²) in [4.78, 5) is 14.8. The van der Waals surface area contributed by atoms with E-state index in [4.69, 9.17) is 4.74 Å². The van der Waals surface area contributed by atoms with Crippen LogP contribution in [0.4, 0.5) is 0 Å². The predicted molar refractivity (Wildman–Crippen MR) is 107 cm³/mol. The third-order valence-electron chi connectivity index (χ3n) is 5.61. The molecule has 2 saturated heterocycles. The Hall–Kier alpha value is -2.04. The molecule has 0 saturated carbocycles. The lowest BCUT2D eigenvalue weighted by Gasteiger charge is -2.35. The smallest absolute Gasteiger partial charge is 0.243 e. The molecule has 0 bridgehead atoms. The van der Waals surface area contributed by atoms with E-state index in [-0.39, 0.29) is 23.3 Å². The molecule has 1 aromatic heterocycles. The summed E-state index contributed by atoms with van der Waals surface area (Å²) in [5.41, 5.74) is 1.39. The van der Waals surface area contributed by atoms with Crippen molar-refractivity contribution in [3.8, 4) is 0 Å². The van der Waals surface area contributed by atoms with Crippen LogP contribution in [-0.2, 0) is 26.1 Å². The van der Waals surface area contributed by atoms with Crippen LogP contribution in [-0.4, -0.2) is 77.9 Å². The highest BCUT2D eigenvalue weighted by atomic mass is 32.2. The van der Waals surface area contributed by atoms with E-state index < -0.39 is 10.0 Å². The van der Waals surface area contributed by atoms with Gasteiger partial charge in [-0.3, -0.25) is 4.79 Å². The van der Waals surface area contributed by atoms with Gasteiger partial charge in [0.25, 0.3) is 0 Å². The summed E-state index contributed by atoms with van der Waals surface area (Å²) in [6.07, 6.45) is 2.31. The fourth-order valence-electron chi connectivity index (χ4n) is 4.04. The second-order valence-corrected chi connectivity index (χ2v) is 9.54. The number of amides is 1. The molecule has 1 atom stereocenters. The monoisotopic (exact) mass is 421 g/mol. The van der Waals surface area contributed by atoms with Crippen LogP contribution in [0.25, 0.3) is 11.0 Å². The summed E-state index contributed by atoms with van der Waals surface area (Å²) < 4.78 is 35.0. The van der Waals surface area contributed by atoms with Gasteiger partial charge in [0, 0.05) is 32.7 Å². The molecule has 9 nitrogen and oxygen atoms in total. The van der Waals surface area contributed by atoms with E-state index in [0.717, 1.165) is 18.5 Å². The molecule has 0 radical (unpaired) electrons. The molecule has 10 heteroatoms. The number of aryl methyl sites for hydroxylation is 1. The zero-order valence-electron chi connectivity index (χ0n) is 16.7. The maximum absolute atomic E-state index is 13.2. The van der Waals surface area contributed by atoms with Crippen molar-refractivity contribution in [2.75, 3.05) is 39.4 Å². The first kappa shape index (κ1) is 20.2. The summed E-state index contributed by atoms with van der Waals surface area (Å²) in [6, 6.07) is 4.95. The Morgan fingerprint density at radius 1 is 1.24 bits per heavy atom. The third kappa shape index (κ3) is 4.01. The van der Waals surface area contributed by atoms with Crippen LogP contribution in [0.2, 0.25) is 0 Å². The van der Waals surface area contributed by atoms with Crippen molar-refractivity contribution < 1.29 is 17.9 Å². The zero-order valence-corrected chi connectivity index (χ0v) is 17.5. The van der Waals surface area contributed by atoms with Gasteiger partial charge in [0.2, 0.25) is 15.9 Å². The van der Waals surface area contributed by atoms with Gasteiger partial charge >= 0.3 is 0 Å². The van der Waals surface area contributed by atoms with E-state index >= 15 is 0 Å². The number of morpholine rings is 1. The number of carbonyl (C=O) groups is 1. The molecule has 0 N–H and O–H groups in total. The van der Waals surface area contributed by atoms with E-state index in [1.165, 1.54) is 4.31 Å². The van der Waals surface area contributed by atoms with Crippen LogP contribution >= 0.6 is 0 Å². The molecule has 2 fully saturated rings. The molecule has 1 amide bonds. The Balaban J connectivity index is 1.53. The van der Waals surface area contributed by atoms with Crippen LogP contribution in [0.5, 0.6) is 0 Å². The van der Waals surface area contributed by atoms with Crippen LogP contribution < -0.4 is 0 Å². The lowest BCUT2D eigenvalue weighted by molar-refractivity contribution is -0.140. The Labute approximate surface area is 170 Å². The number of hydrogen-bond donors (Lipinski definition) is 0. The molecule has 3 heterocycles. The Morgan fingerprint density at radius 3 is 2.79 bits per heavy atom. The van der Waals surface area contributed by atoms with E-state index in [1.807, 2.05) is 0 Å². The highest BCUT2D eigenvalue weighted by Crippen LogP contribution is 2.27. The van der Waals surface area contributed by atoms with Crippen LogP contribution in [0.15, 0.2) is 23.1 Å². The van der Waals surface area contributed by atoms with E-state index in [9.17, 15) is 13.2 Å². The zero-order chi connectivity index (χ0) is 20.4. The minimum Gasteiger partial charge on any atom is -0.378 e. The standard InChI is InChI=1S/C19H27N5O4S/c1-2-7-24-18-6-5-16(13-17(18)20-21-24)29(26,27)23-8-3-4-15(14-23)19(25)22-9-11-28-12-10-22/h5-6,13,15H,2-4,7-12,14H2,1H3. The third-order valence-corrected chi connectivity index (χ3v) is 7.48. The molecule has 0 aliphatic carbocycles. The van der Waals surface area contributed by atoms with Gasteiger partial charge in [0.1, 0.15) is 5.52 Å². The van der Waals surface area contributed by atoms with Gasteiger partial charge in [0.05, 0.1) is 29.5 Å². The molecular formula is C19H27N5O4S. The van der Waals surface area contributed by atoms with Gasteiger partial charge in [0.15, 0.2) is 0 Å². The fourth-order valence-corrected chi connectivity index (χ4v) is 5.59. The molecule has 29 heavy (non-hydrogen) atoms. The Kier molecular flexibility index (Phi) is 5.84. The minimum atomic E-state index is -3.69. The highest BCUT2D eigenvalue weighted by molar-refractivity contribution is 7.89. The molecular weight excluding hydrogens is 394 g/mol. The average molecular weight is 422 g/mol. The normalized spacial score (nSPS) is 21.6. The van der Waals surface area contributed by atoms with Crippen LogP contribution in [0.1, 0.15) is 26.2 Å². The second kappa shape index (κ2) is 8.37. The number of sulfonamides is 1. The van der Waals surface area contributed by atoms with Crippen molar-refractivity contribution >= 4 is 27.0 Å².